The van der Waals surface area contributed by atoms with Crippen molar-refractivity contribution in [3.05, 3.63) is 23.3 Å². The van der Waals surface area contributed by atoms with Crippen molar-refractivity contribution in [1.82, 2.24) is 4.90 Å². The van der Waals surface area contributed by atoms with Crippen molar-refractivity contribution in [2.75, 3.05) is 19.8 Å². The predicted octanol–water partition coefficient (Wildman–Crippen LogP) is 5.27. The summed E-state index contributed by atoms with van der Waals surface area (Å²) < 4.78 is 41.0. The highest BCUT2D eigenvalue weighted by Crippen LogP contribution is 2.47. The van der Waals surface area contributed by atoms with Crippen molar-refractivity contribution in [3.63, 3.8) is 0 Å². The van der Waals surface area contributed by atoms with Crippen LogP contribution in [0.25, 0.3) is 0 Å². The molecule has 0 aliphatic heterocycles. The number of rotatable bonds is 8. The molecule has 1 rings (SSSR count). The number of hydrogen-bond acceptors (Lipinski definition) is 3. The Kier molecular flexibility index (Phi) is 7.81. The first kappa shape index (κ1) is 21.8. The number of thioether (sulfide) groups is 1. The fourth-order valence-electron chi connectivity index (χ4n) is 2.41. The average molecular weight is 376 g/mol. The van der Waals surface area contributed by atoms with E-state index in [0.717, 1.165) is 6.54 Å². The smallest absolute Gasteiger partial charge is 0.376 e. The minimum absolute atomic E-state index is 0.0822. The molecular formula is C18H27F3N2OS. The second-order valence-corrected chi connectivity index (χ2v) is 6.97. The minimum Gasteiger partial charge on any atom is -0.376 e. The lowest BCUT2D eigenvalue weighted by Crippen LogP contribution is -2.42. The van der Waals surface area contributed by atoms with Crippen LogP contribution in [-0.4, -0.2) is 42.4 Å². The molecule has 0 aliphatic carbocycles. The molecule has 0 saturated heterocycles. The molecular weight excluding hydrogens is 349 g/mol. The third-order valence-electron chi connectivity index (χ3n) is 4.22. The quantitative estimate of drug-likeness (QED) is 0.381. The van der Waals surface area contributed by atoms with Crippen molar-refractivity contribution in [3.8, 4) is 0 Å². The number of alkyl halides is 3. The number of hydrogen-bond donors (Lipinski definition) is 1. The lowest BCUT2D eigenvalue weighted by Gasteiger charge is -2.33. The molecule has 1 unspecified atom stereocenters. The van der Waals surface area contributed by atoms with Gasteiger partial charge in [-0.2, -0.15) is 13.2 Å². The molecule has 7 heteroatoms. The van der Waals surface area contributed by atoms with Gasteiger partial charge in [-0.3, -0.25) is 0 Å². The molecule has 142 valence electrons. The lowest BCUT2D eigenvalue weighted by atomic mass is 9.86. The van der Waals surface area contributed by atoms with Crippen molar-refractivity contribution in [2.45, 2.75) is 56.7 Å². The van der Waals surface area contributed by atoms with Crippen molar-refractivity contribution >= 4 is 23.8 Å². The van der Waals surface area contributed by atoms with Gasteiger partial charge in [0.1, 0.15) is 0 Å². The molecule has 3 nitrogen and oxygen atoms in total. The first-order chi connectivity index (χ1) is 11.6. The number of benzene rings is 1. The summed E-state index contributed by atoms with van der Waals surface area (Å²) in [5.41, 5.74) is -1.71. The largest absolute Gasteiger partial charge is 0.421 e. The molecule has 0 aliphatic rings. The maximum Gasteiger partial charge on any atom is 0.421 e. The Morgan fingerprint density at radius 2 is 1.92 bits per heavy atom. The van der Waals surface area contributed by atoms with E-state index in [1.54, 1.807) is 32.5 Å². The molecule has 1 atom stereocenters. The van der Waals surface area contributed by atoms with E-state index in [-0.39, 0.29) is 12.0 Å². The molecule has 0 aromatic heterocycles. The van der Waals surface area contributed by atoms with E-state index >= 15 is 0 Å². The summed E-state index contributed by atoms with van der Waals surface area (Å²) in [7, 11) is 1.87. The third-order valence-corrected chi connectivity index (χ3v) is 5.00. The first-order valence-corrected chi connectivity index (χ1v) is 9.55. The van der Waals surface area contributed by atoms with Crippen LogP contribution < -0.4 is 0 Å². The molecule has 0 spiro atoms. The Hall–Kier alpha value is -1.21. The van der Waals surface area contributed by atoms with Crippen molar-refractivity contribution < 1.29 is 18.3 Å². The number of aliphatic hydroxyl groups is 1. The van der Waals surface area contributed by atoms with E-state index in [1.807, 2.05) is 18.9 Å². The standard InChI is InChI=1S/C18H27F3N2OS/c1-6-8-9-17(24,18(19,20)21)14-10-13(3)15(11-16(14)25-5)22-12-23(4)7-2/h10-12,24H,6-9H2,1-5H3/b22-12+. The molecule has 25 heavy (non-hydrogen) atoms. The number of nitrogens with zero attached hydrogens (tertiary/aromatic N) is 2. The van der Waals surface area contributed by atoms with Gasteiger partial charge < -0.3 is 10.0 Å². The Morgan fingerprint density at radius 3 is 2.40 bits per heavy atom. The summed E-state index contributed by atoms with van der Waals surface area (Å²) >= 11 is 1.19. The van der Waals surface area contributed by atoms with Crippen LogP contribution in [0, 0.1) is 6.92 Å². The summed E-state index contributed by atoms with van der Waals surface area (Å²) in [6.45, 7) is 6.27. The fraction of sp³-hybridized carbons (Fsp3) is 0.611. The maximum absolute atomic E-state index is 13.7. The SMILES string of the molecule is CCCCC(O)(c1cc(C)c(/N=C/N(C)CC)cc1SC)C(F)(F)F. The van der Waals surface area contributed by atoms with Gasteiger partial charge in [0.2, 0.25) is 0 Å². The molecule has 1 N–H and O–H groups in total. The van der Waals surface area contributed by atoms with Crippen LogP contribution in [0.5, 0.6) is 0 Å². The van der Waals surface area contributed by atoms with E-state index in [1.165, 1.54) is 17.8 Å². The average Bonchev–Trinajstić information content (AvgIpc) is 2.56. The summed E-state index contributed by atoms with van der Waals surface area (Å²) in [4.78, 5) is 6.63. The van der Waals surface area contributed by atoms with Crippen LogP contribution >= 0.6 is 11.8 Å². The highest BCUT2D eigenvalue weighted by atomic mass is 32.2. The molecule has 1 aromatic carbocycles. The van der Waals surface area contributed by atoms with Gasteiger partial charge in [-0.05, 0) is 44.2 Å². The lowest BCUT2D eigenvalue weighted by molar-refractivity contribution is -0.270. The van der Waals surface area contributed by atoms with Gasteiger partial charge in [-0.25, -0.2) is 4.99 Å². The fourth-order valence-corrected chi connectivity index (χ4v) is 3.09. The van der Waals surface area contributed by atoms with Gasteiger partial charge in [-0.15, -0.1) is 11.8 Å². The van der Waals surface area contributed by atoms with E-state index < -0.39 is 11.8 Å². The number of unbranched alkanes of at least 4 members (excludes halogenated alkanes) is 1. The topological polar surface area (TPSA) is 35.8 Å². The maximum atomic E-state index is 13.7. The second-order valence-electron chi connectivity index (χ2n) is 6.12. The van der Waals surface area contributed by atoms with Gasteiger partial charge in [0.25, 0.3) is 0 Å². The number of aliphatic imine (C=N–C) groups is 1. The Labute approximate surface area is 152 Å². The van der Waals surface area contributed by atoms with Gasteiger partial charge >= 0.3 is 6.18 Å². The van der Waals surface area contributed by atoms with Crippen molar-refractivity contribution in [2.24, 2.45) is 4.99 Å². The van der Waals surface area contributed by atoms with Crippen LogP contribution in [0.3, 0.4) is 0 Å². The minimum atomic E-state index is -4.73. The molecule has 0 bridgehead atoms. The molecule has 0 saturated carbocycles. The molecule has 0 fully saturated rings. The van der Waals surface area contributed by atoms with E-state index in [2.05, 4.69) is 4.99 Å². The summed E-state index contributed by atoms with van der Waals surface area (Å²) in [6, 6.07) is 3.05. The van der Waals surface area contributed by atoms with E-state index in [4.69, 9.17) is 0 Å². The highest BCUT2D eigenvalue weighted by molar-refractivity contribution is 7.98. The normalized spacial score (nSPS) is 14.8. The number of aryl methyl sites for hydroxylation is 1. The zero-order chi connectivity index (χ0) is 19.3. The molecule has 0 radical (unpaired) electrons. The summed E-state index contributed by atoms with van der Waals surface area (Å²) in [5.74, 6) is 0. The van der Waals surface area contributed by atoms with E-state index in [9.17, 15) is 18.3 Å². The van der Waals surface area contributed by atoms with Gasteiger partial charge in [0, 0.05) is 24.1 Å². The molecule has 0 heterocycles. The molecule has 0 amide bonds. The van der Waals surface area contributed by atoms with Gasteiger partial charge in [-0.1, -0.05) is 19.8 Å². The number of halogens is 3. The van der Waals surface area contributed by atoms with Crippen molar-refractivity contribution in [1.29, 1.82) is 0 Å². The Morgan fingerprint density at radius 1 is 1.28 bits per heavy atom. The highest BCUT2D eigenvalue weighted by Gasteiger charge is 2.55. The monoisotopic (exact) mass is 376 g/mol. The van der Waals surface area contributed by atoms with Crippen LogP contribution in [0.1, 0.15) is 44.2 Å². The first-order valence-electron chi connectivity index (χ1n) is 8.33. The van der Waals surface area contributed by atoms with Crippen LogP contribution in [0.4, 0.5) is 18.9 Å². The summed E-state index contributed by atoms with van der Waals surface area (Å²) in [6.07, 6.45) is -0.842. The van der Waals surface area contributed by atoms with Crippen LogP contribution in [-0.2, 0) is 5.60 Å². The van der Waals surface area contributed by atoms with Gasteiger partial charge in [0.05, 0.1) is 12.0 Å². The Balaban J connectivity index is 3.43. The molecule has 1 aromatic rings. The zero-order valence-corrected chi connectivity index (χ0v) is 16.3. The Bertz CT molecular complexity index is 605. The van der Waals surface area contributed by atoms with Crippen LogP contribution in [0.15, 0.2) is 22.0 Å². The zero-order valence-electron chi connectivity index (χ0n) is 15.4. The third kappa shape index (κ3) is 5.14. The van der Waals surface area contributed by atoms with Crippen LogP contribution in [0.2, 0.25) is 0 Å². The van der Waals surface area contributed by atoms with E-state index in [0.29, 0.717) is 29.0 Å². The second kappa shape index (κ2) is 8.94. The van der Waals surface area contributed by atoms with Gasteiger partial charge in [0.15, 0.2) is 5.60 Å². The predicted molar refractivity (Wildman–Crippen MR) is 98.9 cm³/mol. The summed E-state index contributed by atoms with van der Waals surface area (Å²) in [5, 5.41) is 10.5.